The fourth-order valence-electron chi connectivity index (χ4n) is 3.55. The monoisotopic (exact) mass is 454 g/mol. The Hall–Kier alpha value is -2.91. The Morgan fingerprint density at radius 3 is 3.09 bits per heavy atom. The van der Waals surface area contributed by atoms with E-state index in [-0.39, 0.29) is 29.6 Å². The second kappa shape index (κ2) is 9.70. The molecule has 0 fully saturated rings. The molecule has 2 aromatic rings. The second-order valence-electron chi connectivity index (χ2n) is 8.46. The molecule has 168 valence electrons. The molecular formula is C23H27FN6OS. The van der Waals surface area contributed by atoms with E-state index in [9.17, 15) is 9.18 Å². The lowest BCUT2D eigenvalue weighted by molar-refractivity contribution is 0.0945. The first-order chi connectivity index (χ1) is 15.4. The van der Waals surface area contributed by atoms with Crippen molar-refractivity contribution in [2.75, 3.05) is 13.1 Å². The van der Waals surface area contributed by atoms with E-state index in [0.717, 1.165) is 36.8 Å². The van der Waals surface area contributed by atoms with Crippen molar-refractivity contribution < 1.29 is 9.18 Å². The van der Waals surface area contributed by atoms with E-state index in [2.05, 4.69) is 58.0 Å². The Labute approximate surface area is 191 Å². The van der Waals surface area contributed by atoms with Crippen LogP contribution >= 0.6 is 11.3 Å². The van der Waals surface area contributed by atoms with Gasteiger partial charge in [-0.05, 0) is 24.6 Å². The number of halogens is 1. The quantitative estimate of drug-likeness (QED) is 0.507. The molecule has 3 heterocycles. The third kappa shape index (κ3) is 5.28. The zero-order valence-electron chi connectivity index (χ0n) is 18.2. The molecule has 1 amide bonds. The highest BCUT2D eigenvalue weighted by Gasteiger charge is 2.32. The van der Waals surface area contributed by atoms with Gasteiger partial charge in [-0.2, -0.15) is 0 Å². The molecule has 4 rings (SSSR count). The molecule has 0 saturated carbocycles. The maximum Gasteiger partial charge on any atom is 0.271 e. The summed E-state index contributed by atoms with van der Waals surface area (Å²) in [7, 11) is 0. The fraction of sp³-hybridized carbons (Fsp3) is 0.391. The minimum absolute atomic E-state index is 0.0285. The number of rotatable bonds is 9. The minimum atomic E-state index is -0.438. The van der Waals surface area contributed by atoms with Gasteiger partial charge in [-0.1, -0.05) is 26.0 Å². The smallest absolute Gasteiger partial charge is 0.271 e. The van der Waals surface area contributed by atoms with Crippen LogP contribution in [0.3, 0.4) is 0 Å². The Kier molecular flexibility index (Phi) is 6.76. The molecule has 9 heteroatoms. The SMILES string of the molecule is CC(C)(CNCCc1nc(C(=O)NCc2ncccc2F)cs1)C1=NC2CC=CC=C2N1. The molecule has 0 saturated heterocycles. The van der Waals surface area contributed by atoms with Gasteiger partial charge in [0.1, 0.15) is 17.3 Å². The zero-order valence-corrected chi connectivity index (χ0v) is 19.0. The van der Waals surface area contributed by atoms with Gasteiger partial charge in [0.2, 0.25) is 0 Å². The van der Waals surface area contributed by atoms with Gasteiger partial charge in [-0.25, -0.2) is 9.37 Å². The van der Waals surface area contributed by atoms with Crippen LogP contribution in [0.2, 0.25) is 0 Å². The van der Waals surface area contributed by atoms with Gasteiger partial charge in [0, 0.05) is 42.2 Å². The molecule has 0 bridgehead atoms. The molecule has 2 aliphatic rings. The molecule has 0 spiro atoms. The summed E-state index contributed by atoms with van der Waals surface area (Å²) in [6, 6.07) is 3.06. The van der Waals surface area contributed by atoms with Gasteiger partial charge < -0.3 is 16.0 Å². The minimum Gasteiger partial charge on any atom is -0.345 e. The van der Waals surface area contributed by atoms with Crippen molar-refractivity contribution in [3.63, 3.8) is 0 Å². The normalized spacial score (nSPS) is 17.4. The lowest BCUT2D eigenvalue weighted by Gasteiger charge is -2.25. The highest BCUT2D eigenvalue weighted by atomic mass is 32.1. The molecule has 1 aliphatic carbocycles. The van der Waals surface area contributed by atoms with Crippen LogP contribution in [0.25, 0.3) is 0 Å². The number of hydrogen-bond acceptors (Lipinski definition) is 7. The Bertz CT molecular complexity index is 1070. The van der Waals surface area contributed by atoms with Crippen molar-refractivity contribution in [1.29, 1.82) is 0 Å². The van der Waals surface area contributed by atoms with Crippen LogP contribution in [-0.2, 0) is 13.0 Å². The number of thiazole rings is 1. The molecule has 2 aromatic heterocycles. The van der Waals surface area contributed by atoms with Crippen LogP contribution in [0.1, 0.15) is 41.5 Å². The van der Waals surface area contributed by atoms with Crippen LogP contribution in [0.15, 0.2) is 52.6 Å². The van der Waals surface area contributed by atoms with Crippen molar-refractivity contribution in [3.8, 4) is 0 Å². The van der Waals surface area contributed by atoms with Gasteiger partial charge in [-0.3, -0.25) is 14.8 Å². The lowest BCUT2D eigenvalue weighted by atomic mass is 9.91. The van der Waals surface area contributed by atoms with Crippen molar-refractivity contribution in [2.24, 2.45) is 10.4 Å². The molecule has 1 unspecified atom stereocenters. The number of amides is 1. The molecule has 0 aromatic carbocycles. The number of amidine groups is 1. The van der Waals surface area contributed by atoms with E-state index in [1.54, 1.807) is 5.38 Å². The predicted molar refractivity (Wildman–Crippen MR) is 124 cm³/mol. The summed E-state index contributed by atoms with van der Waals surface area (Å²) in [5.74, 6) is 0.247. The van der Waals surface area contributed by atoms with E-state index in [1.807, 2.05) is 0 Å². The van der Waals surface area contributed by atoms with Crippen molar-refractivity contribution in [2.45, 2.75) is 39.3 Å². The largest absolute Gasteiger partial charge is 0.345 e. The molecule has 0 radical (unpaired) electrons. The summed E-state index contributed by atoms with van der Waals surface area (Å²) in [5, 5.41) is 12.2. The van der Waals surface area contributed by atoms with E-state index in [4.69, 9.17) is 4.99 Å². The number of pyridine rings is 1. The number of nitrogens with zero attached hydrogens (tertiary/aromatic N) is 3. The first kappa shape index (κ1) is 22.3. The highest BCUT2D eigenvalue weighted by Crippen LogP contribution is 2.26. The standard InChI is InChI=1S/C23H27FN6OS/c1-23(2,22-29-16-7-3-4-8-17(16)30-22)14-25-11-9-20-28-19(13-32-20)21(31)27-12-18-15(24)6-5-10-26-18/h3-7,10,13,17,25H,8-9,11-12,14H2,1-2H3,(H,27,31)(H,29,30). The summed E-state index contributed by atoms with van der Waals surface area (Å²) < 4.78 is 13.6. The summed E-state index contributed by atoms with van der Waals surface area (Å²) in [5.41, 5.74) is 1.61. The summed E-state index contributed by atoms with van der Waals surface area (Å²) in [6.45, 7) is 5.90. The van der Waals surface area contributed by atoms with Crippen LogP contribution < -0.4 is 16.0 Å². The number of allylic oxidation sites excluding steroid dienone is 2. The van der Waals surface area contributed by atoms with Crippen LogP contribution in [0.5, 0.6) is 0 Å². The van der Waals surface area contributed by atoms with Crippen molar-refractivity contribution in [1.82, 2.24) is 25.9 Å². The zero-order chi connectivity index (χ0) is 22.6. The fourth-order valence-corrected chi connectivity index (χ4v) is 4.32. The first-order valence-electron chi connectivity index (χ1n) is 10.7. The number of hydrogen-bond donors (Lipinski definition) is 3. The maximum absolute atomic E-state index is 13.6. The second-order valence-corrected chi connectivity index (χ2v) is 9.40. The average Bonchev–Trinajstić information content (AvgIpc) is 3.44. The number of aromatic nitrogens is 2. The Balaban J connectivity index is 1.21. The first-order valence-corrected chi connectivity index (χ1v) is 11.5. The van der Waals surface area contributed by atoms with E-state index < -0.39 is 5.82 Å². The summed E-state index contributed by atoms with van der Waals surface area (Å²) in [4.78, 5) is 25.5. The van der Waals surface area contributed by atoms with Crippen LogP contribution in [0.4, 0.5) is 4.39 Å². The van der Waals surface area contributed by atoms with Crippen molar-refractivity contribution >= 4 is 23.1 Å². The van der Waals surface area contributed by atoms with Gasteiger partial charge in [0.25, 0.3) is 5.91 Å². The maximum atomic E-state index is 13.6. The molecule has 1 atom stereocenters. The Morgan fingerprint density at radius 1 is 1.41 bits per heavy atom. The predicted octanol–water partition coefficient (Wildman–Crippen LogP) is 2.98. The van der Waals surface area contributed by atoms with Crippen LogP contribution in [0, 0.1) is 11.2 Å². The Morgan fingerprint density at radius 2 is 2.28 bits per heavy atom. The number of carbonyl (C=O) groups is 1. The third-order valence-corrected chi connectivity index (χ3v) is 6.35. The molecule has 7 nitrogen and oxygen atoms in total. The number of carbonyl (C=O) groups excluding carboxylic acids is 1. The van der Waals surface area contributed by atoms with E-state index in [0.29, 0.717) is 5.69 Å². The number of fused-ring (bicyclic) bond motifs is 1. The molecule has 3 N–H and O–H groups in total. The van der Waals surface area contributed by atoms with Crippen LogP contribution in [-0.4, -0.2) is 40.8 Å². The van der Waals surface area contributed by atoms with Gasteiger partial charge >= 0.3 is 0 Å². The van der Waals surface area contributed by atoms with Gasteiger partial charge in [0.15, 0.2) is 0 Å². The molecule has 1 aliphatic heterocycles. The summed E-state index contributed by atoms with van der Waals surface area (Å²) >= 11 is 1.45. The van der Waals surface area contributed by atoms with E-state index in [1.165, 1.54) is 35.4 Å². The lowest BCUT2D eigenvalue weighted by Crippen LogP contribution is -2.41. The third-order valence-electron chi connectivity index (χ3n) is 5.44. The number of nitrogens with one attached hydrogen (secondary N) is 3. The molecular weight excluding hydrogens is 427 g/mol. The highest BCUT2D eigenvalue weighted by molar-refractivity contribution is 7.09. The van der Waals surface area contributed by atoms with Gasteiger partial charge in [0.05, 0.1) is 23.3 Å². The topological polar surface area (TPSA) is 91.3 Å². The summed E-state index contributed by atoms with van der Waals surface area (Å²) in [6.07, 6.45) is 9.48. The molecule has 32 heavy (non-hydrogen) atoms. The van der Waals surface area contributed by atoms with Gasteiger partial charge in [-0.15, -0.1) is 11.3 Å². The van der Waals surface area contributed by atoms with Crippen molar-refractivity contribution in [3.05, 3.63) is 69.8 Å². The number of aliphatic imine (C=N–C) groups is 1. The van der Waals surface area contributed by atoms with E-state index >= 15 is 0 Å². The average molecular weight is 455 g/mol.